The van der Waals surface area contributed by atoms with Gasteiger partial charge >= 0.3 is 0 Å². The molecule has 0 bridgehead atoms. The van der Waals surface area contributed by atoms with Gasteiger partial charge in [0.25, 0.3) is 0 Å². The monoisotopic (exact) mass is 819 g/mol. The maximum atomic E-state index is 6.60. The number of ether oxygens (including phenoxy) is 1. The first-order chi connectivity index (χ1) is 31.3. The van der Waals surface area contributed by atoms with Crippen LogP contribution in [0.1, 0.15) is 0 Å². The third kappa shape index (κ3) is 5.64. The molecule has 1 aliphatic rings. The van der Waals surface area contributed by atoms with E-state index in [2.05, 4.69) is 217 Å². The summed E-state index contributed by atoms with van der Waals surface area (Å²) in [4.78, 5) is 2.41. The Labute approximate surface area is 368 Å². The van der Waals surface area contributed by atoms with Crippen LogP contribution in [-0.4, -0.2) is 0 Å². The third-order valence-electron chi connectivity index (χ3n) is 12.9. The molecular formula is C60H37NOS. The minimum absolute atomic E-state index is 0.852. The lowest BCUT2D eigenvalue weighted by molar-refractivity contribution is 0.488. The van der Waals surface area contributed by atoms with Crippen LogP contribution in [0.25, 0.3) is 96.3 Å². The van der Waals surface area contributed by atoms with Crippen LogP contribution in [0.2, 0.25) is 0 Å². The van der Waals surface area contributed by atoms with E-state index in [-0.39, 0.29) is 0 Å². The Hall–Kier alpha value is -7.98. The Morgan fingerprint density at radius 1 is 0.286 bits per heavy atom. The van der Waals surface area contributed by atoms with Crippen molar-refractivity contribution in [1.82, 2.24) is 0 Å². The van der Waals surface area contributed by atoms with Gasteiger partial charge in [-0.1, -0.05) is 170 Å². The normalized spacial score (nSPS) is 11.9. The van der Waals surface area contributed by atoms with Gasteiger partial charge < -0.3 is 9.64 Å². The SMILES string of the molecule is c1ccc(N(c2ccc3c(c2)-c2ccccc2Oc2ccccc2-3)c2ccc3c4ccccc4c4ccccc4c4ccccc4c4c(ccc5c6ccccc6sc54)c3c2)cc1. The second kappa shape index (κ2) is 14.3. The van der Waals surface area contributed by atoms with Gasteiger partial charge in [-0.2, -0.15) is 0 Å². The number of para-hydroxylation sites is 3. The van der Waals surface area contributed by atoms with E-state index in [1.165, 1.54) is 74.0 Å². The van der Waals surface area contributed by atoms with E-state index in [1.54, 1.807) is 0 Å². The lowest BCUT2D eigenvalue weighted by atomic mass is 9.93. The zero-order valence-electron chi connectivity index (χ0n) is 34.1. The van der Waals surface area contributed by atoms with Gasteiger partial charge in [0.05, 0.1) is 0 Å². The predicted octanol–water partition coefficient (Wildman–Crippen LogP) is 17.9. The molecule has 0 atom stereocenters. The molecule has 2 nitrogen and oxygen atoms in total. The van der Waals surface area contributed by atoms with Crippen molar-refractivity contribution in [2.24, 2.45) is 0 Å². The summed E-state index contributed by atoms with van der Waals surface area (Å²) >= 11 is 1.90. The second-order valence-electron chi connectivity index (χ2n) is 16.3. The van der Waals surface area contributed by atoms with Crippen LogP contribution in [0.15, 0.2) is 224 Å². The molecule has 0 spiro atoms. The molecule has 0 saturated carbocycles. The second-order valence-corrected chi connectivity index (χ2v) is 17.4. The molecule has 63 heavy (non-hydrogen) atoms. The Balaban J connectivity index is 1.19. The number of benzene rings is 10. The van der Waals surface area contributed by atoms with Crippen molar-refractivity contribution < 1.29 is 4.74 Å². The molecule has 0 amide bonds. The van der Waals surface area contributed by atoms with Crippen molar-refractivity contribution >= 4 is 102 Å². The van der Waals surface area contributed by atoms with Gasteiger partial charge in [0.1, 0.15) is 11.5 Å². The first kappa shape index (κ1) is 35.7. The molecule has 0 unspecified atom stereocenters. The fourth-order valence-corrected chi connectivity index (χ4v) is 11.3. The fraction of sp³-hybridized carbons (Fsp3) is 0. The summed E-state index contributed by atoms with van der Waals surface area (Å²) in [5.74, 6) is 1.71. The zero-order chi connectivity index (χ0) is 41.4. The number of rotatable bonds is 3. The van der Waals surface area contributed by atoms with Crippen molar-refractivity contribution in [3.8, 4) is 33.8 Å². The van der Waals surface area contributed by atoms with E-state index in [9.17, 15) is 0 Å². The summed E-state index contributed by atoms with van der Waals surface area (Å²) in [6, 6.07) is 82.0. The van der Waals surface area contributed by atoms with Crippen LogP contribution in [0, 0.1) is 0 Å². The minimum Gasteiger partial charge on any atom is -0.456 e. The lowest BCUT2D eigenvalue weighted by Crippen LogP contribution is -2.10. The van der Waals surface area contributed by atoms with Crippen LogP contribution < -0.4 is 9.64 Å². The Morgan fingerprint density at radius 3 is 1.43 bits per heavy atom. The summed E-state index contributed by atoms with van der Waals surface area (Å²) in [6.45, 7) is 0. The van der Waals surface area contributed by atoms with E-state index >= 15 is 0 Å². The highest BCUT2D eigenvalue weighted by molar-refractivity contribution is 7.26. The van der Waals surface area contributed by atoms with Crippen molar-refractivity contribution in [3.05, 3.63) is 224 Å². The van der Waals surface area contributed by atoms with Crippen LogP contribution in [0.4, 0.5) is 17.1 Å². The fourth-order valence-electron chi connectivity index (χ4n) is 10.1. The Kier molecular flexibility index (Phi) is 8.12. The van der Waals surface area contributed by atoms with Gasteiger partial charge in [-0.15, -0.1) is 11.3 Å². The molecule has 0 radical (unpaired) electrons. The van der Waals surface area contributed by atoms with E-state index < -0.39 is 0 Å². The molecule has 12 aromatic rings. The highest BCUT2D eigenvalue weighted by atomic mass is 32.1. The van der Waals surface area contributed by atoms with Crippen molar-refractivity contribution in [3.63, 3.8) is 0 Å². The van der Waals surface area contributed by atoms with Gasteiger partial charge in [0.15, 0.2) is 0 Å². The average molecular weight is 820 g/mol. The van der Waals surface area contributed by atoms with Crippen molar-refractivity contribution in [1.29, 1.82) is 0 Å². The Morgan fingerprint density at radius 2 is 0.746 bits per heavy atom. The zero-order valence-corrected chi connectivity index (χ0v) is 34.9. The molecule has 0 N–H and O–H groups in total. The summed E-state index contributed by atoms with van der Waals surface area (Å²) in [7, 11) is 0. The van der Waals surface area contributed by atoms with Crippen molar-refractivity contribution in [2.75, 3.05) is 4.90 Å². The van der Waals surface area contributed by atoms with Gasteiger partial charge in [-0.25, -0.2) is 0 Å². The molecule has 1 aromatic heterocycles. The molecule has 294 valence electrons. The summed E-state index contributed by atoms with van der Waals surface area (Å²) in [6.07, 6.45) is 0. The van der Waals surface area contributed by atoms with Crippen LogP contribution in [0.3, 0.4) is 0 Å². The summed E-state index contributed by atoms with van der Waals surface area (Å²) < 4.78 is 9.20. The molecule has 1 aliphatic heterocycles. The molecule has 3 heteroatoms. The highest BCUT2D eigenvalue weighted by Crippen LogP contribution is 2.50. The van der Waals surface area contributed by atoms with E-state index in [1.807, 2.05) is 23.5 Å². The third-order valence-corrected chi connectivity index (χ3v) is 14.1. The Bertz CT molecular complexity index is 3900. The van der Waals surface area contributed by atoms with Crippen molar-refractivity contribution in [2.45, 2.75) is 0 Å². The number of hydrogen-bond acceptors (Lipinski definition) is 3. The van der Waals surface area contributed by atoms with E-state index in [4.69, 9.17) is 4.74 Å². The highest BCUT2D eigenvalue weighted by Gasteiger charge is 2.23. The topological polar surface area (TPSA) is 12.5 Å². The first-order valence-corrected chi connectivity index (χ1v) is 22.3. The lowest BCUT2D eigenvalue weighted by Gasteiger charge is -2.27. The van der Waals surface area contributed by atoms with Gasteiger partial charge in [0.2, 0.25) is 0 Å². The predicted molar refractivity (Wildman–Crippen MR) is 270 cm³/mol. The molecule has 13 rings (SSSR count). The van der Waals surface area contributed by atoms with Crippen LogP contribution in [0.5, 0.6) is 11.5 Å². The number of hydrogen-bond donors (Lipinski definition) is 0. The van der Waals surface area contributed by atoms with Gasteiger partial charge in [0, 0.05) is 53.7 Å². The maximum Gasteiger partial charge on any atom is 0.135 e. The summed E-state index contributed by atoms with van der Waals surface area (Å²) in [5.41, 5.74) is 7.65. The average Bonchev–Trinajstić information content (AvgIpc) is 3.66. The number of nitrogens with zero attached hydrogens (tertiary/aromatic N) is 1. The maximum absolute atomic E-state index is 6.60. The molecule has 0 fully saturated rings. The quantitative estimate of drug-likeness (QED) is 0.176. The molecule has 0 aliphatic carbocycles. The molecule has 2 heterocycles. The molecule has 0 saturated heterocycles. The number of thiophene rings is 1. The molecular weight excluding hydrogens is 783 g/mol. The standard InChI is InChI=1S/C60H37NOS/c1-2-16-38(17-3-1)61(39-31-33-47-48-23-10-13-27-56(48)62-57-28-14-11-24-49(57)54(47)36-39)40-30-32-46-44-21-7-5-19-42(44)41-18-4-6-20-43(41)45-22-8-9-26-51(45)59-52(55(46)37-40)34-35-53-50-25-12-15-29-58(50)63-60(53)59/h1-37H. The van der Waals surface area contributed by atoms with E-state index in [0.29, 0.717) is 0 Å². The minimum atomic E-state index is 0.852. The first-order valence-electron chi connectivity index (χ1n) is 21.5. The summed E-state index contributed by atoms with van der Waals surface area (Å²) in [5, 5.41) is 14.8. The van der Waals surface area contributed by atoms with Crippen LogP contribution >= 0.6 is 11.3 Å². The molecule has 11 aromatic carbocycles. The van der Waals surface area contributed by atoms with Crippen LogP contribution in [-0.2, 0) is 0 Å². The van der Waals surface area contributed by atoms with E-state index in [0.717, 1.165) is 50.8 Å². The largest absolute Gasteiger partial charge is 0.456 e. The number of anilines is 3. The number of fused-ring (bicyclic) bond motifs is 19. The smallest absolute Gasteiger partial charge is 0.135 e. The van der Waals surface area contributed by atoms with Gasteiger partial charge in [-0.05, 0) is 114 Å². The van der Waals surface area contributed by atoms with Gasteiger partial charge in [-0.3, -0.25) is 0 Å².